The van der Waals surface area contributed by atoms with Crippen molar-refractivity contribution in [1.82, 2.24) is 0 Å². The van der Waals surface area contributed by atoms with E-state index in [-0.39, 0.29) is 12.4 Å². The third-order valence-corrected chi connectivity index (χ3v) is 2.76. The van der Waals surface area contributed by atoms with Gasteiger partial charge in [0.15, 0.2) is 0 Å². The Hall–Kier alpha value is -1.78. The number of aliphatic carboxylic acids is 1. The highest BCUT2D eigenvalue weighted by molar-refractivity contribution is 5.75. The van der Waals surface area contributed by atoms with Gasteiger partial charge in [-0.25, -0.2) is 4.39 Å². The summed E-state index contributed by atoms with van der Waals surface area (Å²) in [5.74, 6) is -0.768. The summed E-state index contributed by atoms with van der Waals surface area (Å²) >= 11 is 0. The highest BCUT2D eigenvalue weighted by Gasteiger charge is 2.29. The van der Waals surface area contributed by atoms with Crippen LogP contribution in [-0.2, 0) is 4.79 Å². The van der Waals surface area contributed by atoms with Gasteiger partial charge in [0.25, 0.3) is 0 Å². The van der Waals surface area contributed by atoms with E-state index in [9.17, 15) is 9.18 Å². The SMILES string of the molecule is COc1ccc(F)cc1N(C)CC(C)(C)C(=O)O. The molecule has 0 aliphatic carbocycles. The van der Waals surface area contributed by atoms with Gasteiger partial charge in [-0.1, -0.05) is 0 Å². The molecule has 4 nitrogen and oxygen atoms in total. The molecule has 100 valence electrons. The van der Waals surface area contributed by atoms with E-state index in [0.29, 0.717) is 11.4 Å². The molecule has 0 fully saturated rings. The average Bonchev–Trinajstić information content (AvgIpc) is 2.28. The first-order valence-electron chi connectivity index (χ1n) is 5.56. The van der Waals surface area contributed by atoms with E-state index in [4.69, 9.17) is 9.84 Å². The van der Waals surface area contributed by atoms with Gasteiger partial charge < -0.3 is 14.7 Å². The molecule has 1 aromatic rings. The van der Waals surface area contributed by atoms with Crippen molar-refractivity contribution in [1.29, 1.82) is 0 Å². The number of hydrogen-bond donors (Lipinski definition) is 1. The number of nitrogens with zero attached hydrogens (tertiary/aromatic N) is 1. The fourth-order valence-corrected chi connectivity index (χ4v) is 1.71. The molecule has 18 heavy (non-hydrogen) atoms. The molecule has 0 atom stereocenters. The Morgan fingerprint density at radius 2 is 2.11 bits per heavy atom. The lowest BCUT2D eigenvalue weighted by Gasteiger charge is -2.29. The van der Waals surface area contributed by atoms with Gasteiger partial charge in [-0.3, -0.25) is 4.79 Å². The highest BCUT2D eigenvalue weighted by atomic mass is 19.1. The van der Waals surface area contributed by atoms with E-state index >= 15 is 0 Å². The van der Waals surface area contributed by atoms with E-state index < -0.39 is 11.4 Å². The summed E-state index contributed by atoms with van der Waals surface area (Å²) < 4.78 is 18.4. The van der Waals surface area contributed by atoms with Crippen LogP contribution in [0.3, 0.4) is 0 Å². The monoisotopic (exact) mass is 255 g/mol. The number of benzene rings is 1. The molecule has 5 heteroatoms. The van der Waals surface area contributed by atoms with Crippen molar-refractivity contribution in [3.63, 3.8) is 0 Å². The molecule has 0 aromatic heterocycles. The fraction of sp³-hybridized carbons (Fsp3) is 0.462. The fourth-order valence-electron chi connectivity index (χ4n) is 1.71. The van der Waals surface area contributed by atoms with Crippen LogP contribution < -0.4 is 9.64 Å². The quantitative estimate of drug-likeness (QED) is 0.877. The first-order valence-corrected chi connectivity index (χ1v) is 5.56. The van der Waals surface area contributed by atoms with Crippen molar-refractivity contribution in [2.75, 3.05) is 25.6 Å². The standard InChI is InChI=1S/C13H18FNO3/c1-13(2,12(16)17)8-15(3)10-7-9(14)5-6-11(10)18-4/h5-7H,8H2,1-4H3,(H,16,17). The Morgan fingerprint density at radius 1 is 1.50 bits per heavy atom. The topological polar surface area (TPSA) is 49.8 Å². The molecule has 0 radical (unpaired) electrons. The molecular weight excluding hydrogens is 237 g/mol. The number of methoxy groups -OCH3 is 1. The number of hydrogen-bond acceptors (Lipinski definition) is 3. The summed E-state index contributed by atoms with van der Waals surface area (Å²) in [7, 11) is 3.20. The maximum Gasteiger partial charge on any atom is 0.310 e. The lowest BCUT2D eigenvalue weighted by atomic mass is 9.93. The smallest absolute Gasteiger partial charge is 0.310 e. The molecule has 0 saturated carbocycles. The summed E-state index contributed by atoms with van der Waals surface area (Å²) in [6.07, 6.45) is 0. The van der Waals surface area contributed by atoms with Crippen LogP contribution in [-0.4, -0.2) is 31.8 Å². The molecular formula is C13H18FNO3. The van der Waals surface area contributed by atoms with Crippen molar-refractivity contribution in [2.45, 2.75) is 13.8 Å². The Kier molecular flexibility index (Phi) is 4.16. The summed E-state index contributed by atoms with van der Waals surface area (Å²) in [6, 6.07) is 4.16. The summed E-state index contributed by atoms with van der Waals surface area (Å²) in [4.78, 5) is 12.8. The predicted octanol–water partition coefficient (Wildman–Crippen LogP) is 2.38. The van der Waals surface area contributed by atoms with Gasteiger partial charge in [0.05, 0.1) is 18.2 Å². The van der Waals surface area contributed by atoms with Crippen molar-refractivity contribution >= 4 is 11.7 Å². The summed E-state index contributed by atoms with van der Waals surface area (Å²) in [6.45, 7) is 3.50. The van der Waals surface area contributed by atoms with Gasteiger partial charge in [-0.15, -0.1) is 0 Å². The maximum atomic E-state index is 13.2. The van der Waals surface area contributed by atoms with E-state index in [0.717, 1.165) is 0 Å². The van der Waals surface area contributed by atoms with Gasteiger partial charge in [0.2, 0.25) is 0 Å². The first-order chi connectivity index (χ1) is 8.27. The first kappa shape index (κ1) is 14.3. The lowest BCUT2D eigenvalue weighted by Crippen LogP contribution is -2.37. The zero-order valence-electron chi connectivity index (χ0n) is 11.0. The second-order valence-electron chi connectivity index (χ2n) is 4.86. The van der Waals surface area contributed by atoms with Crippen LogP contribution in [0.4, 0.5) is 10.1 Å². The minimum atomic E-state index is -0.925. The number of rotatable bonds is 5. The number of anilines is 1. The molecule has 0 heterocycles. The van der Waals surface area contributed by atoms with Gasteiger partial charge >= 0.3 is 5.97 Å². The van der Waals surface area contributed by atoms with Gasteiger partial charge in [0, 0.05) is 19.7 Å². The highest BCUT2D eigenvalue weighted by Crippen LogP contribution is 2.30. The Labute approximate surface area is 106 Å². The predicted molar refractivity (Wildman–Crippen MR) is 67.6 cm³/mol. The van der Waals surface area contributed by atoms with Crippen LogP contribution in [0.1, 0.15) is 13.8 Å². The molecule has 1 N–H and O–H groups in total. The second-order valence-corrected chi connectivity index (χ2v) is 4.86. The zero-order valence-corrected chi connectivity index (χ0v) is 11.0. The Balaban J connectivity index is 3.00. The molecule has 0 unspecified atom stereocenters. The van der Waals surface area contributed by atoms with Gasteiger partial charge in [-0.2, -0.15) is 0 Å². The number of carboxylic acids is 1. The van der Waals surface area contributed by atoms with Crippen LogP contribution in [0, 0.1) is 11.2 Å². The Bertz CT molecular complexity index is 446. The molecule has 0 aliphatic rings. The molecule has 0 bridgehead atoms. The third kappa shape index (κ3) is 3.12. The van der Waals surface area contributed by atoms with E-state index in [2.05, 4.69) is 0 Å². The summed E-state index contributed by atoms with van der Waals surface area (Å²) in [5.41, 5.74) is -0.390. The van der Waals surface area contributed by atoms with Crippen LogP contribution in [0.25, 0.3) is 0 Å². The van der Waals surface area contributed by atoms with Crippen molar-refractivity contribution in [3.05, 3.63) is 24.0 Å². The van der Waals surface area contributed by atoms with Crippen LogP contribution in [0.5, 0.6) is 5.75 Å². The number of halogens is 1. The third-order valence-electron chi connectivity index (χ3n) is 2.76. The van der Waals surface area contributed by atoms with Crippen LogP contribution in [0.2, 0.25) is 0 Å². The molecule has 1 rings (SSSR count). The molecule has 1 aromatic carbocycles. The average molecular weight is 255 g/mol. The Morgan fingerprint density at radius 3 is 2.61 bits per heavy atom. The number of ether oxygens (including phenoxy) is 1. The van der Waals surface area contributed by atoms with Crippen molar-refractivity contribution in [2.24, 2.45) is 5.41 Å². The molecule has 0 amide bonds. The van der Waals surface area contributed by atoms with E-state index in [1.165, 1.54) is 25.3 Å². The lowest BCUT2D eigenvalue weighted by molar-refractivity contribution is -0.146. The second kappa shape index (κ2) is 5.25. The van der Waals surface area contributed by atoms with Gasteiger partial charge in [0.1, 0.15) is 11.6 Å². The maximum absolute atomic E-state index is 13.2. The van der Waals surface area contributed by atoms with Crippen molar-refractivity contribution < 1.29 is 19.0 Å². The molecule has 0 saturated heterocycles. The van der Waals surface area contributed by atoms with E-state index in [1.807, 2.05) is 0 Å². The van der Waals surface area contributed by atoms with Crippen LogP contribution >= 0.6 is 0 Å². The normalized spacial score (nSPS) is 11.2. The number of carbonyl (C=O) groups is 1. The van der Waals surface area contributed by atoms with Crippen molar-refractivity contribution in [3.8, 4) is 5.75 Å². The zero-order chi connectivity index (χ0) is 13.9. The largest absolute Gasteiger partial charge is 0.495 e. The minimum absolute atomic E-state index is 0.252. The van der Waals surface area contributed by atoms with Crippen LogP contribution in [0.15, 0.2) is 18.2 Å². The molecule has 0 spiro atoms. The minimum Gasteiger partial charge on any atom is -0.495 e. The van der Waals surface area contributed by atoms with Gasteiger partial charge in [-0.05, 0) is 26.0 Å². The van der Waals surface area contributed by atoms with E-state index in [1.54, 1.807) is 25.8 Å². The number of carboxylic acid groups (broad SMARTS) is 1. The summed E-state index contributed by atoms with van der Waals surface area (Å²) in [5, 5.41) is 9.09. The molecule has 0 aliphatic heterocycles.